The summed E-state index contributed by atoms with van der Waals surface area (Å²) in [6.45, 7) is 16.3. The molecule has 7 heteroatoms. The van der Waals surface area contributed by atoms with Crippen molar-refractivity contribution in [3.63, 3.8) is 0 Å². The van der Waals surface area contributed by atoms with Crippen molar-refractivity contribution >= 4 is 12.0 Å². The van der Waals surface area contributed by atoms with Gasteiger partial charge in [-0.25, -0.2) is 9.69 Å². The molecule has 8 radical (unpaired) electrons. The maximum atomic E-state index is 12.2. The quantitative estimate of drug-likeness (QED) is 0.417. The Morgan fingerprint density at radius 1 is 1.07 bits per heavy atom. The first-order valence-electron chi connectivity index (χ1n) is 7.92. The van der Waals surface area contributed by atoms with E-state index in [1.165, 1.54) is 12.5 Å². The van der Waals surface area contributed by atoms with Crippen LogP contribution in [0.2, 0.25) is 0 Å². The minimum absolute atomic E-state index is 0. The predicted octanol–water partition coefficient (Wildman–Crippen LogP) is 3.45. The molecule has 1 heterocycles. The maximum Gasteiger partial charge on any atom is 2.00 e. The van der Waals surface area contributed by atoms with Gasteiger partial charge in [-0.2, -0.15) is 0 Å². The summed E-state index contributed by atoms with van der Waals surface area (Å²) in [5, 5.41) is 0. The molecule has 1 saturated carbocycles. The van der Waals surface area contributed by atoms with Gasteiger partial charge in [0.15, 0.2) is 0 Å². The van der Waals surface area contributed by atoms with Crippen LogP contribution in [0.25, 0.3) is 0 Å². The van der Waals surface area contributed by atoms with E-state index < -0.39 is 18.0 Å². The number of allylic oxidation sites excluding steroid dienone is 1. The second-order valence-corrected chi connectivity index (χ2v) is 5.07. The molecule has 2 aliphatic rings. The van der Waals surface area contributed by atoms with Crippen LogP contribution in [0, 0.1) is 64.7 Å². The second-order valence-electron chi connectivity index (χ2n) is 5.07. The first-order valence-corrected chi connectivity index (χ1v) is 7.92. The molecule has 0 aromatic heterocycles. The summed E-state index contributed by atoms with van der Waals surface area (Å²) >= 11 is 0. The number of amides is 2. The van der Waals surface area contributed by atoms with Crippen LogP contribution in [-0.2, 0) is 39.9 Å². The molecule has 1 atom stereocenters. The van der Waals surface area contributed by atoms with Gasteiger partial charge in [0, 0.05) is 0 Å². The molecule has 0 spiro atoms. The molecule has 29 heavy (non-hydrogen) atoms. The Morgan fingerprint density at radius 2 is 1.55 bits per heavy atom. The Labute approximate surface area is 187 Å². The van der Waals surface area contributed by atoms with E-state index in [0.29, 0.717) is 0 Å². The van der Waals surface area contributed by atoms with Crippen LogP contribution in [-0.4, -0.2) is 23.5 Å². The van der Waals surface area contributed by atoms with Gasteiger partial charge in [-0.1, -0.05) is 36.4 Å². The second kappa shape index (κ2) is 18.1. The van der Waals surface area contributed by atoms with Gasteiger partial charge in [-0.3, -0.25) is 4.79 Å². The van der Waals surface area contributed by atoms with E-state index in [4.69, 9.17) is 14.0 Å². The number of hydrogen-bond donors (Lipinski definition) is 0. The summed E-state index contributed by atoms with van der Waals surface area (Å²) in [5.41, 5.74) is 0.855. The van der Waals surface area contributed by atoms with Gasteiger partial charge in [0.1, 0.15) is 12.6 Å². The fourth-order valence-corrected chi connectivity index (χ4v) is 2.26. The standard InChI is InChI=1S/C15H14NO3.C5H5.2CO.W/c1-3-7-11(2)14(17)16-13(10-19-15(16)18)12-8-5-4-6-9-12;1-2-4-5-3-1;2*1-2;/h3-9,13H,1-2,10H2;1-5H;;;/q;;;;+2/t13-;;;;/m1..../s1. The third-order valence-electron chi connectivity index (χ3n) is 3.43. The SMILES string of the molecule is [C-]#[O+].[C-]#[O+].[CH2][C]([CH]C=C)C(=O)N1C(=O)OC[C@@H]1c1ccccc1.[CH]1[CH][CH][CH][CH]1.[W+2]. The van der Waals surface area contributed by atoms with Gasteiger partial charge in [-0.15, -0.1) is 6.58 Å². The summed E-state index contributed by atoms with van der Waals surface area (Å²) in [5.74, 6) is -0.258. The van der Waals surface area contributed by atoms with E-state index in [1.807, 2.05) is 62.4 Å². The van der Waals surface area contributed by atoms with Crippen molar-refractivity contribution in [2.24, 2.45) is 0 Å². The monoisotopic (exact) mass is 561 g/mol. The average Bonchev–Trinajstić information content (AvgIpc) is 3.45. The minimum Gasteiger partial charge on any atom is -0.446 e. The first-order chi connectivity index (χ1) is 13.6. The van der Waals surface area contributed by atoms with E-state index >= 15 is 0 Å². The van der Waals surface area contributed by atoms with E-state index in [-0.39, 0.29) is 33.6 Å². The topological polar surface area (TPSA) is 86.4 Å². The Kier molecular flexibility index (Phi) is 18.3. The molecule has 2 amide bonds. The van der Waals surface area contributed by atoms with E-state index in [0.717, 1.165) is 10.5 Å². The molecule has 0 N–H and O–H groups in total. The molecule has 1 aliphatic carbocycles. The molecule has 2 fully saturated rings. The minimum atomic E-state index is -0.641. The molecule has 1 aromatic rings. The zero-order valence-electron chi connectivity index (χ0n) is 15.5. The third-order valence-corrected chi connectivity index (χ3v) is 3.43. The number of imide groups is 1. The Bertz CT molecular complexity index is 627. The van der Waals surface area contributed by atoms with Crippen LogP contribution in [0.1, 0.15) is 11.6 Å². The van der Waals surface area contributed by atoms with Crippen molar-refractivity contribution in [2.75, 3.05) is 6.61 Å². The van der Waals surface area contributed by atoms with Crippen molar-refractivity contribution in [1.82, 2.24) is 4.90 Å². The maximum absolute atomic E-state index is 12.2. The zero-order valence-corrected chi connectivity index (χ0v) is 18.5. The summed E-state index contributed by atoms with van der Waals surface area (Å²) in [4.78, 5) is 25.0. The smallest absolute Gasteiger partial charge is 0.446 e. The number of carbonyl (C=O) groups excluding carboxylic acids is 2. The number of rotatable bonds is 4. The van der Waals surface area contributed by atoms with Crippen LogP contribution in [0.3, 0.4) is 0 Å². The number of ether oxygens (including phenoxy) is 1. The largest absolute Gasteiger partial charge is 2.00 e. The van der Waals surface area contributed by atoms with Gasteiger partial charge in [-0.05, 0) is 51.0 Å². The zero-order chi connectivity index (χ0) is 21.4. The van der Waals surface area contributed by atoms with Crippen LogP contribution in [0.4, 0.5) is 4.79 Å². The van der Waals surface area contributed by atoms with E-state index in [2.05, 4.69) is 26.8 Å². The molecule has 1 aliphatic heterocycles. The van der Waals surface area contributed by atoms with Crippen molar-refractivity contribution < 1.29 is 44.7 Å². The number of cyclic esters (lactones) is 1. The fourth-order valence-electron chi connectivity index (χ4n) is 2.26. The molecule has 6 nitrogen and oxygen atoms in total. The normalized spacial score (nSPS) is 16.4. The van der Waals surface area contributed by atoms with Crippen molar-refractivity contribution in [3.8, 4) is 0 Å². The van der Waals surface area contributed by atoms with Gasteiger partial charge in [0.2, 0.25) is 5.91 Å². The predicted molar refractivity (Wildman–Crippen MR) is 99.8 cm³/mol. The summed E-state index contributed by atoms with van der Waals surface area (Å²) in [7, 11) is 0. The molecule has 1 aromatic carbocycles. The van der Waals surface area contributed by atoms with Gasteiger partial charge in [0.05, 0.1) is 5.92 Å². The summed E-state index contributed by atoms with van der Waals surface area (Å²) < 4.78 is 20.0. The Morgan fingerprint density at radius 3 is 2.00 bits per heavy atom. The molecule has 0 bridgehead atoms. The summed E-state index contributed by atoms with van der Waals surface area (Å²) in [6, 6.07) is 8.88. The fraction of sp³-hybridized carbons (Fsp3) is 0.0909. The number of benzene rings is 1. The number of nitrogens with zero attached hydrogens (tertiary/aromatic N) is 1. The van der Waals surface area contributed by atoms with Crippen LogP contribution >= 0.6 is 0 Å². The first kappa shape index (κ1) is 29.3. The average molecular weight is 561 g/mol. The van der Waals surface area contributed by atoms with Gasteiger partial charge < -0.3 is 4.74 Å². The van der Waals surface area contributed by atoms with Gasteiger partial charge in [0.25, 0.3) is 0 Å². The summed E-state index contributed by atoms with van der Waals surface area (Å²) in [6.07, 6.45) is 12.3. The number of carbonyl (C=O) groups is 2. The van der Waals surface area contributed by atoms with Crippen molar-refractivity contribution in [3.05, 3.63) is 113 Å². The van der Waals surface area contributed by atoms with Crippen molar-refractivity contribution in [1.29, 1.82) is 0 Å². The Hall–Kier alpha value is -1.93. The molecular formula is C22H19NO5W+2. The van der Waals surface area contributed by atoms with Crippen LogP contribution in [0.5, 0.6) is 0 Å². The van der Waals surface area contributed by atoms with E-state index in [1.54, 1.807) is 0 Å². The molecule has 3 rings (SSSR count). The molecule has 146 valence electrons. The van der Waals surface area contributed by atoms with Crippen molar-refractivity contribution in [2.45, 2.75) is 6.04 Å². The van der Waals surface area contributed by atoms with Crippen LogP contribution < -0.4 is 0 Å². The molecule has 0 unspecified atom stereocenters. The van der Waals surface area contributed by atoms with Gasteiger partial charge >= 0.3 is 49.8 Å². The third kappa shape index (κ3) is 9.89. The molecular weight excluding hydrogens is 542 g/mol. The van der Waals surface area contributed by atoms with Crippen LogP contribution in [0.15, 0.2) is 43.0 Å². The Balaban J connectivity index is 0. The van der Waals surface area contributed by atoms with E-state index in [9.17, 15) is 9.59 Å². The molecule has 1 saturated heterocycles. The number of hydrogen-bond acceptors (Lipinski definition) is 3.